The number of hydrazine groups is 1. The Kier molecular flexibility index (Phi) is 4.25. The maximum atomic E-state index is 12.4. The molecule has 0 saturated heterocycles. The van der Waals surface area contributed by atoms with Crippen LogP contribution >= 0.6 is 12.2 Å². The molecule has 0 aliphatic heterocycles. The van der Waals surface area contributed by atoms with E-state index in [-0.39, 0.29) is 5.91 Å². The number of aryl methyl sites for hydroxylation is 1. The van der Waals surface area contributed by atoms with Crippen molar-refractivity contribution in [1.82, 2.24) is 15.4 Å². The summed E-state index contributed by atoms with van der Waals surface area (Å²) in [7, 11) is 1.91. The number of thiocarbonyl (C=S) groups is 1. The minimum absolute atomic E-state index is 0.237. The quantitative estimate of drug-likeness (QED) is 0.501. The molecule has 0 spiro atoms. The third-order valence-corrected chi connectivity index (χ3v) is 3.67. The summed E-state index contributed by atoms with van der Waals surface area (Å²) in [6.07, 6.45) is 1.80. The molecule has 0 unspecified atom stereocenters. The van der Waals surface area contributed by atoms with Crippen LogP contribution < -0.4 is 16.2 Å². The number of fused-ring (bicyclic) bond motifs is 1. The van der Waals surface area contributed by atoms with Crippen LogP contribution in [0, 0.1) is 0 Å². The molecule has 3 aromatic rings. The molecule has 0 radical (unpaired) electrons. The van der Waals surface area contributed by atoms with Gasteiger partial charge >= 0.3 is 0 Å². The molecule has 3 N–H and O–H groups in total. The van der Waals surface area contributed by atoms with E-state index in [0.29, 0.717) is 10.7 Å². The van der Waals surface area contributed by atoms with E-state index < -0.39 is 0 Å². The monoisotopic (exact) mass is 324 g/mol. The van der Waals surface area contributed by atoms with Crippen molar-refractivity contribution in [2.45, 2.75) is 0 Å². The Balaban J connectivity index is 1.66. The highest BCUT2D eigenvalue weighted by Gasteiger charge is 2.13. The largest absolute Gasteiger partial charge is 0.350 e. The summed E-state index contributed by atoms with van der Waals surface area (Å²) in [5.41, 5.74) is 7.78. The number of para-hydroxylation sites is 2. The molecule has 6 heteroatoms. The highest BCUT2D eigenvalue weighted by atomic mass is 32.1. The SMILES string of the molecule is Cn1cc(C(=O)NNC(=S)Nc2ccccc2)c2ccccc21. The number of anilines is 1. The van der Waals surface area contributed by atoms with E-state index in [0.717, 1.165) is 16.6 Å². The van der Waals surface area contributed by atoms with Gasteiger partial charge in [-0.15, -0.1) is 0 Å². The lowest BCUT2D eigenvalue weighted by molar-refractivity contribution is 0.0945. The van der Waals surface area contributed by atoms with Gasteiger partial charge in [-0.3, -0.25) is 15.6 Å². The second-order valence-electron chi connectivity index (χ2n) is 5.07. The van der Waals surface area contributed by atoms with E-state index in [1.165, 1.54) is 0 Å². The Labute approximate surface area is 139 Å². The van der Waals surface area contributed by atoms with E-state index in [4.69, 9.17) is 12.2 Å². The Morgan fingerprint density at radius 1 is 1.00 bits per heavy atom. The Hall–Kier alpha value is -2.86. The number of aromatic nitrogens is 1. The lowest BCUT2D eigenvalue weighted by Gasteiger charge is -2.11. The van der Waals surface area contributed by atoms with E-state index in [2.05, 4.69) is 16.2 Å². The second-order valence-corrected chi connectivity index (χ2v) is 5.48. The van der Waals surface area contributed by atoms with Gasteiger partial charge in [0, 0.05) is 29.8 Å². The van der Waals surface area contributed by atoms with Gasteiger partial charge in [-0.25, -0.2) is 0 Å². The summed E-state index contributed by atoms with van der Waals surface area (Å²) in [4.78, 5) is 12.4. The van der Waals surface area contributed by atoms with Crippen molar-refractivity contribution in [3.63, 3.8) is 0 Å². The molecule has 1 heterocycles. The number of benzene rings is 2. The zero-order valence-electron chi connectivity index (χ0n) is 12.5. The Bertz CT molecular complexity index is 857. The zero-order valence-corrected chi connectivity index (χ0v) is 13.4. The fraction of sp³-hybridized carbons (Fsp3) is 0.0588. The van der Waals surface area contributed by atoms with Gasteiger partial charge in [0.1, 0.15) is 0 Å². The van der Waals surface area contributed by atoms with E-state index in [9.17, 15) is 4.79 Å². The summed E-state index contributed by atoms with van der Waals surface area (Å²) in [5.74, 6) is -0.237. The maximum Gasteiger partial charge on any atom is 0.271 e. The van der Waals surface area contributed by atoms with Crippen LogP contribution in [0.5, 0.6) is 0 Å². The summed E-state index contributed by atoms with van der Waals surface area (Å²) < 4.78 is 1.92. The lowest BCUT2D eigenvalue weighted by atomic mass is 10.2. The van der Waals surface area contributed by atoms with Gasteiger partial charge < -0.3 is 9.88 Å². The van der Waals surface area contributed by atoms with E-state index in [1.54, 1.807) is 6.20 Å². The molecule has 0 bridgehead atoms. The van der Waals surface area contributed by atoms with Gasteiger partial charge in [-0.05, 0) is 30.4 Å². The lowest BCUT2D eigenvalue weighted by Crippen LogP contribution is -2.43. The van der Waals surface area contributed by atoms with Crippen LogP contribution in [0.4, 0.5) is 5.69 Å². The van der Waals surface area contributed by atoms with Crippen molar-refractivity contribution >= 4 is 39.8 Å². The molecule has 1 aromatic heterocycles. The predicted molar refractivity (Wildman–Crippen MR) is 96.2 cm³/mol. The molecule has 0 aliphatic carbocycles. The zero-order chi connectivity index (χ0) is 16.2. The first-order valence-electron chi connectivity index (χ1n) is 7.11. The fourth-order valence-corrected chi connectivity index (χ4v) is 2.56. The predicted octanol–water partition coefficient (Wildman–Crippen LogP) is 2.81. The first-order chi connectivity index (χ1) is 11.1. The van der Waals surface area contributed by atoms with Gasteiger partial charge in [-0.2, -0.15) is 0 Å². The van der Waals surface area contributed by atoms with Gasteiger partial charge in [0.05, 0.1) is 5.56 Å². The molecule has 0 atom stereocenters. The number of rotatable bonds is 2. The van der Waals surface area contributed by atoms with Crippen molar-refractivity contribution in [2.75, 3.05) is 5.32 Å². The van der Waals surface area contributed by atoms with Crippen LogP contribution in [-0.4, -0.2) is 15.6 Å². The molecule has 0 fully saturated rings. The number of nitrogens with one attached hydrogen (secondary N) is 3. The van der Waals surface area contributed by atoms with Crippen molar-refractivity contribution < 1.29 is 4.79 Å². The van der Waals surface area contributed by atoms with Crippen molar-refractivity contribution in [3.8, 4) is 0 Å². The average molecular weight is 324 g/mol. The number of hydrogen-bond donors (Lipinski definition) is 3. The minimum Gasteiger partial charge on any atom is -0.350 e. The third kappa shape index (κ3) is 3.32. The summed E-state index contributed by atoms with van der Waals surface area (Å²) in [5, 5.41) is 4.21. The van der Waals surface area contributed by atoms with Crippen molar-refractivity contribution in [3.05, 3.63) is 66.4 Å². The topological polar surface area (TPSA) is 58.1 Å². The van der Waals surface area contributed by atoms with Gasteiger partial charge in [-0.1, -0.05) is 36.4 Å². The molecule has 3 rings (SSSR count). The molecular weight excluding hydrogens is 308 g/mol. The number of hydrogen-bond acceptors (Lipinski definition) is 2. The smallest absolute Gasteiger partial charge is 0.271 e. The molecule has 2 aromatic carbocycles. The van der Waals surface area contributed by atoms with Crippen LogP contribution in [0.2, 0.25) is 0 Å². The van der Waals surface area contributed by atoms with Crippen LogP contribution in [0.1, 0.15) is 10.4 Å². The molecule has 1 amide bonds. The van der Waals surface area contributed by atoms with Crippen LogP contribution in [-0.2, 0) is 7.05 Å². The third-order valence-electron chi connectivity index (χ3n) is 3.46. The van der Waals surface area contributed by atoms with Crippen molar-refractivity contribution in [1.29, 1.82) is 0 Å². The summed E-state index contributed by atoms with van der Waals surface area (Å²) >= 11 is 5.16. The Morgan fingerprint density at radius 2 is 1.70 bits per heavy atom. The van der Waals surface area contributed by atoms with Gasteiger partial charge in [0.2, 0.25) is 0 Å². The second kappa shape index (κ2) is 6.50. The van der Waals surface area contributed by atoms with E-state index in [1.807, 2.05) is 66.2 Å². The molecular formula is C17H16N4OS. The Morgan fingerprint density at radius 3 is 2.48 bits per heavy atom. The standard InChI is InChI=1S/C17H16N4OS/c1-21-11-14(13-9-5-6-10-15(13)21)16(22)19-20-17(23)18-12-7-3-2-4-8-12/h2-11H,1H3,(H,19,22)(H2,18,20,23). The first kappa shape index (κ1) is 15.1. The van der Waals surface area contributed by atoms with Crippen LogP contribution in [0.3, 0.4) is 0 Å². The van der Waals surface area contributed by atoms with Gasteiger partial charge in [0.25, 0.3) is 5.91 Å². The summed E-state index contributed by atoms with van der Waals surface area (Å²) in [6, 6.07) is 17.3. The highest BCUT2D eigenvalue weighted by molar-refractivity contribution is 7.80. The molecule has 116 valence electrons. The summed E-state index contributed by atoms with van der Waals surface area (Å²) in [6.45, 7) is 0. The van der Waals surface area contributed by atoms with Gasteiger partial charge in [0.15, 0.2) is 5.11 Å². The normalized spacial score (nSPS) is 10.3. The minimum atomic E-state index is -0.237. The number of amides is 1. The van der Waals surface area contributed by atoms with E-state index >= 15 is 0 Å². The number of carbonyl (C=O) groups excluding carboxylic acids is 1. The fourth-order valence-electron chi connectivity index (χ4n) is 2.39. The highest BCUT2D eigenvalue weighted by Crippen LogP contribution is 2.19. The molecule has 5 nitrogen and oxygen atoms in total. The van der Waals surface area contributed by atoms with Crippen LogP contribution in [0.25, 0.3) is 10.9 Å². The first-order valence-corrected chi connectivity index (χ1v) is 7.52. The maximum absolute atomic E-state index is 12.4. The average Bonchev–Trinajstić information content (AvgIpc) is 2.91. The number of carbonyl (C=O) groups is 1. The van der Waals surface area contributed by atoms with Crippen molar-refractivity contribution in [2.24, 2.45) is 7.05 Å². The molecule has 23 heavy (non-hydrogen) atoms. The molecule has 0 saturated carbocycles. The molecule has 0 aliphatic rings. The number of nitrogens with zero attached hydrogens (tertiary/aromatic N) is 1. The van der Waals surface area contributed by atoms with Crippen LogP contribution in [0.15, 0.2) is 60.8 Å².